The van der Waals surface area contributed by atoms with E-state index in [9.17, 15) is 4.79 Å². The van der Waals surface area contributed by atoms with Gasteiger partial charge in [0.05, 0.1) is 0 Å². The molecular formula is C17H35N3O2. The Kier molecular flexibility index (Phi) is 12.6. The summed E-state index contributed by atoms with van der Waals surface area (Å²) in [6, 6.07) is -0.670. The molecule has 0 radical (unpaired) electrons. The van der Waals surface area contributed by atoms with E-state index < -0.39 is 12.0 Å². The molecule has 0 heterocycles. The lowest BCUT2D eigenvalue weighted by molar-refractivity contribution is -0.141. The highest BCUT2D eigenvalue weighted by Gasteiger charge is 2.22. The highest BCUT2D eigenvalue weighted by atomic mass is 16.4. The number of unbranched alkanes of at least 4 members (excludes halogenated alkanes) is 10. The van der Waals surface area contributed by atoms with Crippen LogP contribution in [0.15, 0.2) is 0 Å². The fourth-order valence-electron chi connectivity index (χ4n) is 2.65. The molecule has 0 aliphatic rings. The van der Waals surface area contributed by atoms with Crippen LogP contribution in [-0.2, 0) is 4.79 Å². The van der Waals surface area contributed by atoms with Crippen LogP contribution in [0.1, 0.15) is 84.0 Å². The van der Waals surface area contributed by atoms with Gasteiger partial charge in [-0.25, -0.2) is 4.79 Å². The third-order valence-electron chi connectivity index (χ3n) is 4.21. The highest BCUT2D eigenvalue weighted by molar-refractivity contribution is 5.82. The number of aliphatic carboxylic acids is 1. The Bertz CT molecular complexity index is 308. The van der Waals surface area contributed by atoms with Crippen LogP contribution in [0.25, 0.3) is 0 Å². The number of rotatable bonds is 14. The van der Waals surface area contributed by atoms with Crippen molar-refractivity contribution in [3.8, 4) is 0 Å². The maximum Gasteiger partial charge on any atom is 0.326 e. The molecule has 0 saturated carbocycles. The van der Waals surface area contributed by atoms with E-state index in [0.29, 0.717) is 6.42 Å². The molecular weight excluding hydrogens is 278 g/mol. The Labute approximate surface area is 135 Å². The molecule has 1 unspecified atom stereocenters. The summed E-state index contributed by atoms with van der Waals surface area (Å²) >= 11 is 0. The SMILES string of the molecule is CCCCCCCCCCCCCC(C(=O)O)N(C)C(=N)N. The number of nitrogens with zero attached hydrogens (tertiary/aromatic N) is 1. The van der Waals surface area contributed by atoms with Gasteiger partial charge in [0.2, 0.25) is 0 Å². The highest BCUT2D eigenvalue weighted by Crippen LogP contribution is 2.14. The quantitative estimate of drug-likeness (QED) is 0.257. The van der Waals surface area contributed by atoms with E-state index in [1.165, 1.54) is 62.7 Å². The van der Waals surface area contributed by atoms with Gasteiger partial charge in [-0.15, -0.1) is 0 Å². The lowest BCUT2D eigenvalue weighted by Crippen LogP contribution is -2.45. The van der Waals surface area contributed by atoms with Crippen molar-refractivity contribution in [3.05, 3.63) is 0 Å². The predicted octanol–water partition coefficient (Wildman–Crippen LogP) is 3.97. The van der Waals surface area contributed by atoms with Crippen molar-refractivity contribution in [2.45, 2.75) is 90.0 Å². The van der Waals surface area contributed by atoms with Crippen LogP contribution in [0.4, 0.5) is 0 Å². The minimum absolute atomic E-state index is 0.185. The van der Waals surface area contributed by atoms with E-state index in [2.05, 4.69) is 6.92 Å². The van der Waals surface area contributed by atoms with Crippen LogP contribution in [0.3, 0.4) is 0 Å². The predicted molar refractivity (Wildman–Crippen MR) is 92.2 cm³/mol. The van der Waals surface area contributed by atoms with Crippen molar-refractivity contribution in [1.82, 2.24) is 4.90 Å². The smallest absolute Gasteiger partial charge is 0.326 e. The molecule has 0 amide bonds. The zero-order valence-electron chi connectivity index (χ0n) is 14.4. The summed E-state index contributed by atoms with van der Waals surface area (Å²) in [4.78, 5) is 12.5. The molecule has 5 nitrogen and oxygen atoms in total. The second-order valence-electron chi connectivity index (χ2n) is 6.17. The minimum Gasteiger partial charge on any atom is -0.480 e. The third kappa shape index (κ3) is 10.5. The standard InChI is InChI=1S/C17H35N3O2/c1-3-4-5-6-7-8-9-10-11-12-13-14-15(16(21)22)20(2)17(18)19/h15H,3-14H2,1-2H3,(H3,18,19)(H,21,22). The van der Waals surface area contributed by atoms with Crippen LogP contribution < -0.4 is 5.73 Å². The van der Waals surface area contributed by atoms with Gasteiger partial charge in [-0.2, -0.15) is 0 Å². The number of carboxylic acids is 1. The van der Waals surface area contributed by atoms with Crippen LogP contribution in [0.2, 0.25) is 0 Å². The second kappa shape index (κ2) is 13.4. The Morgan fingerprint density at radius 2 is 1.41 bits per heavy atom. The Morgan fingerprint density at radius 3 is 1.77 bits per heavy atom. The maximum absolute atomic E-state index is 11.2. The molecule has 0 spiro atoms. The fourth-order valence-corrected chi connectivity index (χ4v) is 2.65. The third-order valence-corrected chi connectivity index (χ3v) is 4.21. The van der Waals surface area contributed by atoms with Gasteiger partial charge in [-0.1, -0.05) is 77.6 Å². The van der Waals surface area contributed by atoms with Gasteiger partial charge < -0.3 is 15.7 Å². The van der Waals surface area contributed by atoms with Crippen molar-refractivity contribution in [2.75, 3.05) is 7.05 Å². The first-order chi connectivity index (χ1) is 10.5. The van der Waals surface area contributed by atoms with E-state index in [4.69, 9.17) is 16.2 Å². The summed E-state index contributed by atoms with van der Waals surface area (Å²) < 4.78 is 0. The number of nitrogens with one attached hydrogen (secondary N) is 1. The fraction of sp³-hybridized carbons (Fsp3) is 0.882. The molecule has 0 rings (SSSR count). The number of hydrogen-bond donors (Lipinski definition) is 3. The first-order valence-corrected chi connectivity index (χ1v) is 8.80. The first-order valence-electron chi connectivity index (χ1n) is 8.80. The topological polar surface area (TPSA) is 90.4 Å². The van der Waals surface area contributed by atoms with E-state index in [-0.39, 0.29) is 5.96 Å². The van der Waals surface area contributed by atoms with Gasteiger partial charge in [-0.05, 0) is 6.42 Å². The Morgan fingerprint density at radius 1 is 1.00 bits per heavy atom. The number of carbonyl (C=O) groups is 1. The number of guanidine groups is 1. The monoisotopic (exact) mass is 313 g/mol. The number of carboxylic acid groups (broad SMARTS) is 1. The average Bonchev–Trinajstić information content (AvgIpc) is 2.47. The zero-order chi connectivity index (χ0) is 16.8. The van der Waals surface area contributed by atoms with Crippen molar-refractivity contribution in [2.24, 2.45) is 5.73 Å². The summed E-state index contributed by atoms with van der Waals surface area (Å²) in [5.41, 5.74) is 5.35. The number of likely N-dealkylation sites (N-methyl/N-ethyl adjacent to an activating group) is 1. The van der Waals surface area contributed by atoms with E-state index in [0.717, 1.165) is 12.8 Å². The molecule has 1 atom stereocenters. The molecule has 0 aliphatic carbocycles. The number of hydrogen-bond acceptors (Lipinski definition) is 2. The molecule has 0 aromatic rings. The van der Waals surface area contributed by atoms with Crippen molar-refractivity contribution in [1.29, 1.82) is 5.41 Å². The van der Waals surface area contributed by atoms with E-state index >= 15 is 0 Å². The molecule has 0 aliphatic heterocycles. The average molecular weight is 313 g/mol. The van der Waals surface area contributed by atoms with Crippen LogP contribution in [0, 0.1) is 5.41 Å². The normalized spacial score (nSPS) is 12.1. The molecule has 130 valence electrons. The van der Waals surface area contributed by atoms with Crippen molar-refractivity contribution < 1.29 is 9.90 Å². The van der Waals surface area contributed by atoms with E-state index in [1.807, 2.05) is 0 Å². The molecule has 5 heteroatoms. The van der Waals surface area contributed by atoms with Gasteiger partial charge in [0.25, 0.3) is 0 Å². The summed E-state index contributed by atoms with van der Waals surface area (Å²) in [6.07, 6.45) is 14.3. The zero-order valence-corrected chi connectivity index (χ0v) is 14.4. The Balaban J connectivity index is 3.54. The molecule has 22 heavy (non-hydrogen) atoms. The Hall–Kier alpha value is -1.26. The van der Waals surface area contributed by atoms with Gasteiger partial charge in [0.15, 0.2) is 5.96 Å². The first kappa shape index (κ1) is 20.7. The molecule has 0 fully saturated rings. The maximum atomic E-state index is 11.2. The molecule has 0 aromatic carbocycles. The van der Waals surface area contributed by atoms with E-state index in [1.54, 1.807) is 7.05 Å². The molecule has 0 saturated heterocycles. The largest absolute Gasteiger partial charge is 0.480 e. The van der Waals surface area contributed by atoms with Gasteiger partial charge in [-0.3, -0.25) is 5.41 Å². The van der Waals surface area contributed by atoms with Crippen LogP contribution in [-0.4, -0.2) is 35.0 Å². The lowest BCUT2D eigenvalue weighted by Gasteiger charge is -2.24. The van der Waals surface area contributed by atoms with Crippen molar-refractivity contribution >= 4 is 11.9 Å². The summed E-state index contributed by atoms with van der Waals surface area (Å²) in [5, 5.41) is 16.5. The van der Waals surface area contributed by atoms with Gasteiger partial charge in [0, 0.05) is 7.05 Å². The van der Waals surface area contributed by atoms with Gasteiger partial charge in [0.1, 0.15) is 6.04 Å². The summed E-state index contributed by atoms with van der Waals surface area (Å²) in [6.45, 7) is 2.24. The minimum atomic E-state index is -0.898. The second-order valence-corrected chi connectivity index (χ2v) is 6.17. The molecule has 0 aromatic heterocycles. The summed E-state index contributed by atoms with van der Waals surface area (Å²) in [5.74, 6) is -1.08. The van der Waals surface area contributed by atoms with Crippen molar-refractivity contribution in [3.63, 3.8) is 0 Å². The molecule has 0 bridgehead atoms. The van der Waals surface area contributed by atoms with Gasteiger partial charge >= 0.3 is 5.97 Å². The van der Waals surface area contributed by atoms with Crippen LogP contribution in [0.5, 0.6) is 0 Å². The summed E-state index contributed by atoms with van der Waals surface area (Å²) in [7, 11) is 1.57. The van der Waals surface area contributed by atoms with Crippen LogP contribution >= 0.6 is 0 Å². The molecule has 4 N–H and O–H groups in total. The lowest BCUT2D eigenvalue weighted by atomic mass is 10.0. The number of nitrogens with two attached hydrogens (primary N) is 1.